The number of nitrogens with zero attached hydrogens (tertiary/aromatic N) is 1. The monoisotopic (exact) mass is 287 g/mol. The van der Waals surface area contributed by atoms with E-state index in [1.165, 1.54) is 24.9 Å². The first-order valence-electron chi connectivity index (χ1n) is 7.99. The van der Waals surface area contributed by atoms with Crippen LogP contribution in [0.4, 0.5) is 5.69 Å². The molecule has 3 heteroatoms. The molecule has 116 valence electrons. The lowest BCUT2D eigenvalue weighted by atomic mass is 9.77. The summed E-state index contributed by atoms with van der Waals surface area (Å²) < 4.78 is 0. The minimum Gasteiger partial charge on any atom is -0.384 e. The molecule has 0 aromatic heterocycles. The molecule has 1 heterocycles. The summed E-state index contributed by atoms with van der Waals surface area (Å²) in [6, 6.07) is 6.27. The van der Waals surface area contributed by atoms with Crippen molar-refractivity contribution in [3.05, 3.63) is 29.3 Å². The van der Waals surface area contributed by atoms with E-state index in [4.69, 9.17) is 11.1 Å². The Morgan fingerprint density at radius 2 is 1.95 bits per heavy atom. The molecular weight excluding hydrogens is 258 g/mol. The summed E-state index contributed by atoms with van der Waals surface area (Å²) in [5.41, 5.74) is 9.22. The second-order valence-corrected chi connectivity index (χ2v) is 7.39. The van der Waals surface area contributed by atoms with Crippen LogP contribution in [-0.4, -0.2) is 18.9 Å². The van der Waals surface area contributed by atoms with E-state index in [0.717, 1.165) is 30.1 Å². The second-order valence-electron chi connectivity index (χ2n) is 7.39. The van der Waals surface area contributed by atoms with Crippen molar-refractivity contribution in [2.45, 2.75) is 47.0 Å². The molecule has 1 aromatic carbocycles. The molecule has 2 rings (SSSR count). The summed E-state index contributed by atoms with van der Waals surface area (Å²) in [7, 11) is 0. The Hall–Kier alpha value is -1.51. The van der Waals surface area contributed by atoms with Gasteiger partial charge in [-0.2, -0.15) is 0 Å². The Balaban J connectivity index is 2.13. The number of hydrogen-bond acceptors (Lipinski definition) is 2. The molecule has 1 aromatic rings. The first-order chi connectivity index (χ1) is 9.79. The minimum absolute atomic E-state index is 0.155. The standard InChI is InChI=1S/C18H29N3/c1-13-12-15(7-8-16(13)17(19)20)21-10-5-6-14(9-11-21)18(2,3)4/h7-8,12,14H,5-6,9-11H2,1-4H3,(H3,19,20). The van der Waals surface area contributed by atoms with Gasteiger partial charge in [-0.1, -0.05) is 20.8 Å². The van der Waals surface area contributed by atoms with Crippen molar-refractivity contribution >= 4 is 11.5 Å². The highest BCUT2D eigenvalue weighted by Crippen LogP contribution is 2.35. The molecule has 0 bridgehead atoms. The van der Waals surface area contributed by atoms with Gasteiger partial charge in [-0.25, -0.2) is 0 Å². The van der Waals surface area contributed by atoms with Gasteiger partial charge in [0.2, 0.25) is 0 Å². The van der Waals surface area contributed by atoms with Crippen LogP contribution in [0, 0.1) is 23.7 Å². The van der Waals surface area contributed by atoms with Crippen LogP contribution >= 0.6 is 0 Å². The zero-order valence-corrected chi connectivity index (χ0v) is 13.9. The number of aryl methyl sites for hydroxylation is 1. The molecule has 1 aliphatic heterocycles. The molecule has 3 nitrogen and oxygen atoms in total. The van der Waals surface area contributed by atoms with Crippen molar-refractivity contribution in [3.63, 3.8) is 0 Å². The predicted molar refractivity (Wildman–Crippen MR) is 91.2 cm³/mol. The maximum absolute atomic E-state index is 7.59. The zero-order valence-electron chi connectivity index (χ0n) is 13.9. The lowest BCUT2D eigenvalue weighted by molar-refractivity contribution is 0.220. The Morgan fingerprint density at radius 3 is 2.52 bits per heavy atom. The van der Waals surface area contributed by atoms with Crippen LogP contribution in [0.2, 0.25) is 0 Å². The summed E-state index contributed by atoms with van der Waals surface area (Å²) in [6.45, 7) is 11.4. The van der Waals surface area contributed by atoms with Crippen LogP contribution in [0.3, 0.4) is 0 Å². The molecule has 0 spiro atoms. The van der Waals surface area contributed by atoms with Gasteiger partial charge in [-0.05, 0) is 61.3 Å². The number of benzene rings is 1. The predicted octanol–water partition coefficient (Wildman–Crippen LogP) is 3.93. The van der Waals surface area contributed by atoms with Crippen molar-refractivity contribution in [2.24, 2.45) is 17.1 Å². The maximum Gasteiger partial charge on any atom is 0.123 e. The highest BCUT2D eigenvalue weighted by Gasteiger charge is 2.27. The number of nitrogen functional groups attached to an aromatic ring is 1. The fraction of sp³-hybridized carbons (Fsp3) is 0.611. The van der Waals surface area contributed by atoms with Crippen molar-refractivity contribution in [2.75, 3.05) is 18.0 Å². The number of nitrogens with one attached hydrogen (secondary N) is 1. The van der Waals surface area contributed by atoms with E-state index in [9.17, 15) is 0 Å². The third-order valence-electron chi connectivity index (χ3n) is 4.82. The number of rotatable bonds is 2. The SMILES string of the molecule is Cc1cc(N2CCCC(C(C)(C)C)CC2)ccc1C(=N)N. The van der Waals surface area contributed by atoms with Gasteiger partial charge in [0, 0.05) is 24.3 Å². The molecule has 0 saturated carbocycles. The van der Waals surface area contributed by atoms with E-state index in [0.29, 0.717) is 5.41 Å². The molecule has 21 heavy (non-hydrogen) atoms. The molecule has 3 N–H and O–H groups in total. The van der Waals surface area contributed by atoms with E-state index in [1.54, 1.807) is 0 Å². The third-order valence-corrected chi connectivity index (χ3v) is 4.82. The van der Waals surface area contributed by atoms with E-state index < -0.39 is 0 Å². The summed E-state index contributed by atoms with van der Waals surface area (Å²) in [5, 5.41) is 7.59. The van der Waals surface area contributed by atoms with Gasteiger partial charge in [-0.15, -0.1) is 0 Å². The quantitative estimate of drug-likeness (QED) is 0.639. The van der Waals surface area contributed by atoms with Gasteiger partial charge in [0.05, 0.1) is 0 Å². The van der Waals surface area contributed by atoms with Crippen molar-refractivity contribution in [1.82, 2.24) is 0 Å². The molecule has 1 fully saturated rings. The summed E-state index contributed by atoms with van der Waals surface area (Å²) >= 11 is 0. The van der Waals surface area contributed by atoms with Crippen molar-refractivity contribution < 1.29 is 0 Å². The number of nitrogens with two attached hydrogens (primary N) is 1. The molecule has 0 amide bonds. The normalized spacial score (nSPS) is 20.2. The van der Waals surface area contributed by atoms with Gasteiger partial charge < -0.3 is 10.6 Å². The molecule has 1 saturated heterocycles. The highest BCUT2D eigenvalue weighted by atomic mass is 15.1. The van der Waals surface area contributed by atoms with Crippen LogP contribution in [0.25, 0.3) is 0 Å². The van der Waals surface area contributed by atoms with Gasteiger partial charge in [0.1, 0.15) is 5.84 Å². The molecule has 0 aliphatic carbocycles. The van der Waals surface area contributed by atoms with Crippen molar-refractivity contribution in [3.8, 4) is 0 Å². The Morgan fingerprint density at radius 1 is 1.24 bits per heavy atom. The Bertz CT molecular complexity index is 514. The van der Waals surface area contributed by atoms with Gasteiger partial charge >= 0.3 is 0 Å². The molecule has 1 atom stereocenters. The van der Waals surface area contributed by atoms with Gasteiger partial charge in [-0.3, -0.25) is 5.41 Å². The van der Waals surface area contributed by atoms with E-state index in [-0.39, 0.29) is 5.84 Å². The Labute approximate surface area is 129 Å². The van der Waals surface area contributed by atoms with Crippen LogP contribution in [0.5, 0.6) is 0 Å². The first kappa shape index (κ1) is 15.9. The third kappa shape index (κ3) is 3.78. The lowest BCUT2D eigenvalue weighted by Crippen LogP contribution is -2.26. The molecule has 1 aliphatic rings. The van der Waals surface area contributed by atoms with Crippen LogP contribution < -0.4 is 10.6 Å². The largest absolute Gasteiger partial charge is 0.384 e. The van der Waals surface area contributed by atoms with Crippen LogP contribution in [0.15, 0.2) is 18.2 Å². The fourth-order valence-corrected chi connectivity index (χ4v) is 3.37. The maximum atomic E-state index is 7.59. The molecule has 1 unspecified atom stereocenters. The van der Waals surface area contributed by atoms with Crippen LogP contribution in [0.1, 0.15) is 51.2 Å². The fourth-order valence-electron chi connectivity index (χ4n) is 3.37. The average molecular weight is 287 g/mol. The van der Waals surface area contributed by atoms with Gasteiger partial charge in [0.25, 0.3) is 0 Å². The smallest absolute Gasteiger partial charge is 0.123 e. The average Bonchev–Trinajstić information content (AvgIpc) is 2.63. The minimum atomic E-state index is 0.155. The second kappa shape index (κ2) is 6.08. The van der Waals surface area contributed by atoms with E-state index in [1.807, 2.05) is 13.0 Å². The van der Waals surface area contributed by atoms with E-state index >= 15 is 0 Å². The van der Waals surface area contributed by atoms with Gasteiger partial charge in [0.15, 0.2) is 0 Å². The van der Waals surface area contributed by atoms with Crippen molar-refractivity contribution in [1.29, 1.82) is 5.41 Å². The summed E-state index contributed by atoms with van der Waals surface area (Å²) in [6.07, 6.45) is 3.84. The number of hydrogen-bond donors (Lipinski definition) is 2. The lowest BCUT2D eigenvalue weighted by Gasteiger charge is -2.30. The van der Waals surface area contributed by atoms with E-state index in [2.05, 4.69) is 37.8 Å². The first-order valence-corrected chi connectivity index (χ1v) is 7.99. The Kier molecular flexibility index (Phi) is 4.60. The topological polar surface area (TPSA) is 53.1 Å². The molecular formula is C18H29N3. The highest BCUT2D eigenvalue weighted by molar-refractivity contribution is 5.96. The number of anilines is 1. The zero-order chi connectivity index (χ0) is 15.6. The number of amidine groups is 1. The van der Waals surface area contributed by atoms with Crippen LogP contribution in [-0.2, 0) is 0 Å². The molecule has 0 radical (unpaired) electrons. The summed E-state index contributed by atoms with van der Waals surface area (Å²) in [4.78, 5) is 2.49. The summed E-state index contributed by atoms with van der Waals surface area (Å²) in [5.74, 6) is 0.961.